The first-order chi connectivity index (χ1) is 9.36. The van der Waals surface area contributed by atoms with Crippen LogP contribution >= 0.6 is 11.5 Å². The van der Waals surface area contributed by atoms with E-state index in [0.717, 1.165) is 34.7 Å². The van der Waals surface area contributed by atoms with E-state index >= 15 is 0 Å². The molecule has 0 aliphatic heterocycles. The average molecular weight is 270 g/mol. The second-order valence-corrected chi connectivity index (χ2v) is 4.99. The molecule has 0 bridgehead atoms. The minimum atomic E-state index is 0.689. The summed E-state index contributed by atoms with van der Waals surface area (Å²) in [6, 6.07) is 12.1. The van der Waals surface area contributed by atoms with Gasteiger partial charge in [-0.3, -0.25) is 0 Å². The quantitative estimate of drug-likeness (QED) is 0.787. The Morgan fingerprint density at radius 1 is 1.11 bits per heavy atom. The van der Waals surface area contributed by atoms with Gasteiger partial charge in [-0.2, -0.15) is 9.36 Å². The third kappa shape index (κ3) is 2.56. The number of para-hydroxylation sites is 1. The van der Waals surface area contributed by atoms with Gasteiger partial charge in [-0.05, 0) is 18.6 Å². The minimum Gasteiger partial charge on any atom is -0.360 e. The summed E-state index contributed by atoms with van der Waals surface area (Å²) in [5, 5.41) is 5.22. The average Bonchev–Trinajstić information content (AvgIpc) is 2.93. The fraction of sp³-hybridized carbons (Fsp3) is 0.214. The molecule has 2 aromatic heterocycles. The smallest absolute Gasteiger partial charge is 0.202 e. The van der Waals surface area contributed by atoms with E-state index in [4.69, 9.17) is 0 Å². The zero-order valence-electron chi connectivity index (χ0n) is 10.6. The van der Waals surface area contributed by atoms with Crippen LogP contribution in [0.2, 0.25) is 0 Å². The summed E-state index contributed by atoms with van der Waals surface area (Å²) in [7, 11) is 0. The van der Waals surface area contributed by atoms with Crippen LogP contribution in [0.15, 0.2) is 36.4 Å². The van der Waals surface area contributed by atoms with Gasteiger partial charge < -0.3 is 5.32 Å². The van der Waals surface area contributed by atoms with Crippen molar-refractivity contribution in [2.75, 3.05) is 11.9 Å². The lowest BCUT2D eigenvalue weighted by Gasteiger charge is -1.99. The third-order valence-corrected chi connectivity index (χ3v) is 3.45. The molecule has 19 heavy (non-hydrogen) atoms. The number of nitrogens with one attached hydrogen (secondary N) is 1. The van der Waals surface area contributed by atoms with E-state index in [-0.39, 0.29) is 0 Å². The minimum absolute atomic E-state index is 0.689. The van der Waals surface area contributed by atoms with E-state index in [9.17, 15) is 0 Å². The van der Waals surface area contributed by atoms with Crippen LogP contribution in [-0.2, 0) is 0 Å². The van der Waals surface area contributed by atoms with Crippen LogP contribution in [0.5, 0.6) is 0 Å². The maximum atomic E-state index is 4.59. The van der Waals surface area contributed by atoms with Crippen molar-refractivity contribution in [3.63, 3.8) is 0 Å². The number of nitrogens with zero attached hydrogens (tertiary/aromatic N) is 3. The molecule has 2 heterocycles. The molecule has 0 saturated heterocycles. The summed E-state index contributed by atoms with van der Waals surface area (Å²) in [5.41, 5.74) is 1.79. The largest absolute Gasteiger partial charge is 0.360 e. The number of aromatic nitrogens is 3. The lowest BCUT2D eigenvalue weighted by Crippen LogP contribution is -1.98. The summed E-state index contributed by atoms with van der Waals surface area (Å²) in [6.07, 6.45) is 1.07. The van der Waals surface area contributed by atoms with Crippen LogP contribution in [0.1, 0.15) is 13.3 Å². The predicted octanol–water partition coefficient (Wildman–Crippen LogP) is 3.58. The van der Waals surface area contributed by atoms with Crippen molar-refractivity contribution in [2.24, 2.45) is 0 Å². The highest BCUT2D eigenvalue weighted by Gasteiger charge is 2.08. The van der Waals surface area contributed by atoms with Crippen molar-refractivity contribution in [3.8, 4) is 11.5 Å². The van der Waals surface area contributed by atoms with Crippen LogP contribution < -0.4 is 5.32 Å². The lowest BCUT2D eigenvalue weighted by molar-refractivity contribution is 0.976. The monoisotopic (exact) mass is 270 g/mol. The highest BCUT2D eigenvalue weighted by Crippen LogP contribution is 2.22. The van der Waals surface area contributed by atoms with Gasteiger partial charge in [0.25, 0.3) is 0 Å². The van der Waals surface area contributed by atoms with Crippen LogP contribution in [0.4, 0.5) is 5.13 Å². The number of benzene rings is 1. The summed E-state index contributed by atoms with van der Waals surface area (Å²) >= 11 is 1.38. The Morgan fingerprint density at radius 2 is 2.00 bits per heavy atom. The van der Waals surface area contributed by atoms with Gasteiger partial charge in [0.1, 0.15) is 5.69 Å². The molecule has 0 saturated carbocycles. The molecule has 4 nitrogen and oxygen atoms in total. The first-order valence-electron chi connectivity index (χ1n) is 6.30. The van der Waals surface area contributed by atoms with Crippen LogP contribution in [-0.4, -0.2) is 20.9 Å². The van der Waals surface area contributed by atoms with Gasteiger partial charge in [0.15, 0.2) is 5.82 Å². The van der Waals surface area contributed by atoms with E-state index in [0.29, 0.717) is 5.82 Å². The normalized spacial score (nSPS) is 10.8. The van der Waals surface area contributed by atoms with E-state index in [1.807, 2.05) is 24.3 Å². The Kier molecular flexibility index (Phi) is 3.37. The molecule has 1 aromatic carbocycles. The number of hydrogen-bond donors (Lipinski definition) is 1. The third-order valence-electron chi connectivity index (χ3n) is 2.78. The first-order valence-corrected chi connectivity index (χ1v) is 7.08. The molecule has 0 radical (unpaired) electrons. The van der Waals surface area contributed by atoms with E-state index in [1.54, 1.807) is 0 Å². The molecule has 1 N–H and O–H groups in total. The van der Waals surface area contributed by atoms with Crippen LogP contribution in [0.3, 0.4) is 0 Å². The number of hydrogen-bond acceptors (Lipinski definition) is 5. The molecule has 3 rings (SSSR count). The van der Waals surface area contributed by atoms with Crippen LogP contribution in [0, 0.1) is 0 Å². The maximum Gasteiger partial charge on any atom is 0.202 e. The number of rotatable bonds is 4. The van der Waals surface area contributed by atoms with Gasteiger partial charge in [-0.15, -0.1) is 0 Å². The second kappa shape index (κ2) is 5.32. The molecule has 0 aliphatic carbocycles. The zero-order valence-corrected chi connectivity index (χ0v) is 11.4. The van der Waals surface area contributed by atoms with E-state index in [1.165, 1.54) is 11.5 Å². The molecule has 0 unspecified atom stereocenters. The number of pyridine rings is 1. The molecule has 0 atom stereocenters. The van der Waals surface area contributed by atoms with Crippen molar-refractivity contribution in [1.82, 2.24) is 14.3 Å². The van der Waals surface area contributed by atoms with Crippen LogP contribution in [0.25, 0.3) is 22.4 Å². The summed E-state index contributed by atoms with van der Waals surface area (Å²) in [6.45, 7) is 3.04. The van der Waals surface area contributed by atoms with Crippen molar-refractivity contribution in [2.45, 2.75) is 13.3 Å². The van der Waals surface area contributed by atoms with E-state index < -0.39 is 0 Å². The highest BCUT2D eigenvalue weighted by atomic mass is 32.1. The van der Waals surface area contributed by atoms with E-state index in [2.05, 4.69) is 38.7 Å². The standard InChI is InChI=1S/C14H14N4S/c1-2-9-15-14-17-13(18-19-14)12-8-7-10-5-3-4-6-11(10)16-12/h3-8H,2,9H2,1H3,(H,15,17,18). The fourth-order valence-electron chi connectivity index (χ4n) is 1.82. The van der Waals surface area contributed by atoms with Gasteiger partial charge in [0.2, 0.25) is 5.13 Å². The lowest BCUT2D eigenvalue weighted by atomic mass is 10.2. The topological polar surface area (TPSA) is 50.7 Å². The molecule has 0 fully saturated rings. The molecule has 0 spiro atoms. The Hall–Kier alpha value is -2.01. The second-order valence-electron chi connectivity index (χ2n) is 4.24. The molecule has 0 amide bonds. The SMILES string of the molecule is CCCNc1nc(-c2ccc3ccccc3n2)ns1. The van der Waals surface area contributed by atoms with Crippen molar-refractivity contribution in [3.05, 3.63) is 36.4 Å². The highest BCUT2D eigenvalue weighted by molar-refractivity contribution is 7.09. The van der Waals surface area contributed by atoms with Gasteiger partial charge in [0.05, 0.1) is 5.52 Å². The van der Waals surface area contributed by atoms with Gasteiger partial charge >= 0.3 is 0 Å². The molecule has 0 aliphatic rings. The maximum absolute atomic E-state index is 4.59. The summed E-state index contributed by atoms with van der Waals surface area (Å²) < 4.78 is 4.35. The number of anilines is 1. The molecule has 96 valence electrons. The van der Waals surface area contributed by atoms with Gasteiger partial charge in [-0.1, -0.05) is 31.2 Å². The Labute approximate surface area is 115 Å². The van der Waals surface area contributed by atoms with Crippen molar-refractivity contribution >= 4 is 27.6 Å². The number of fused-ring (bicyclic) bond motifs is 1. The Balaban J connectivity index is 1.92. The first kappa shape index (κ1) is 12.0. The zero-order chi connectivity index (χ0) is 13.1. The Bertz CT molecular complexity index is 692. The fourth-order valence-corrected chi connectivity index (χ4v) is 2.42. The predicted molar refractivity (Wildman–Crippen MR) is 79.4 cm³/mol. The molecule has 3 aromatic rings. The van der Waals surface area contributed by atoms with Gasteiger partial charge in [0, 0.05) is 23.5 Å². The molecular weight excluding hydrogens is 256 g/mol. The summed E-state index contributed by atoms with van der Waals surface area (Å²) in [5.74, 6) is 0.689. The van der Waals surface area contributed by atoms with Gasteiger partial charge in [-0.25, -0.2) is 4.98 Å². The van der Waals surface area contributed by atoms with Crippen molar-refractivity contribution in [1.29, 1.82) is 0 Å². The molecule has 5 heteroatoms. The Morgan fingerprint density at radius 3 is 2.89 bits per heavy atom. The van der Waals surface area contributed by atoms with Crippen molar-refractivity contribution < 1.29 is 0 Å². The summed E-state index contributed by atoms with van der Waals surface area (Å²) in [4.78, 5) is 9.05. The molecular formula is C14H14N4S.